The van der Waals surface area contributed by atoms with Crippen molar-refractivity contribution in [2.75, 3.05) is 26.1 Å². The Kier molecular flexibility index (Phi) is 6.83. The van der Waals surface area contributed by atoms with E-state index in [1.807, 2.05) is 24.3 Å². The van der Waals surface area contributed by atoms with Crippen molar-refractivity contribution >= 4 is 17.5 Å². The van der Waals surface area contributed by atoms with Gasteiger partial charge in [-0.15, -0.1) is 0 Å². The maximum absolute atomic E-state index is 12.1. The van der Waals surface area contributed by atoms with Gasteiger partial charge in [-0.2, -0.15) is 0 Å². The van der Waals surface area contributed by atoms with Gasteiger partial charge >= 0.3 is 0 Å². The Balaban J connectivity index is 1.92. The molecule has 0 saturated heterocycles. The average molecular weight is 342 g/mol. The molecule has 0 aromatic heterocycles. The number of methoxy groups -OCH3 is 1. The third-order valence-electron chi connectivity index (χ3n) is 3.60. The summed E-state index contributed by atoms with van der Waals surface area (Å²) in [5, 5.41) is 5.41. The van der Waals surface area contributed by atoms with Gasteiger partial charge in [-0.25, -0.2) is 0 Å². The zero-order valence-electron chi connectivity index (χ0n) is 14.4. The van der Waals surface area contributed by atoms with Crippen LogP contribution in [0.5, 0.6) is 11.5 Å². The number of hydrogen-bond acceptors (Lipinski definition) is 4. The summed E-state index contributed by atoms with van der Waals surface area (Å²) in [5.41, 5.74) is 1.59. The Morgan fingerprint density at radius 2 is 1.76 bits per heavy atom. The van der Waals surface area contributed by atoms with E-state index in [1.165, 1.54) is 0 Å². The van der Waals surface area contributed by atoms with Crippen LogP contribution in [-0.2, 0) is 16.0 Å². The van der Waals surface area contributed by atoms with Crippen molar-refractivity contribution in [3.05, 3.63) is 54.1 Å². The highest BCUT2D eigenvalue weighted by Gasteiger charge is 2.09. The number of anilines is 1. The highest BCUT2D eigenvalue weighted by atomic mass is 16.5. The Labute approximate surface area is 147 Å². The molecule has 0 aliphatic rings. The molecule has 6 nitrogen and oxygen atoms in total. The zero-order valence-corrected chi connectivity index (χ0v) is 14.4. The zero-order chi connectivity index (χ0) is 18.1. The molecule has 0 atom stereocenters. The summed E-state index contributed by atoms with van der Waals surface area (Å²) in [6.07, 6.45) is 0.913. The minimum absolute atomic E-state index is 0.0394. The fraction of sp³-hybridized carbons (Fsp3) is 0.263. The molecule has 0 spiro atoms. The number of ether oxygens (including phenoxy) is 2. The number of para-hydroxylation sites is 1. The summed E-state index contributed by atoms with van der Waals surface area (Å²) in [6, 6.07) is 14.5. The van der Waals surface area contributed by atoms with Crippen LogP contribution in [0.2, 0.25) is 0 Å². The second-order valence-corrected chi connectivity index (χ2v) is 5.35. The summed E-state index contributed by atoms with van der Waals surface area (Å²) in [6.45, 7) is -0.114. The van der Waals surface area contributed by atoms with Crippen molar-refractivity contribution in [2.45, 2.75) is 12.8 Å². The van der Waals surface area contributed by atoms with E-state index in [0.717, 1.165) is 5.56 Å². The number of carbonyl (C=O) groups is 2. The Bertz CT molecular complexity index is 731. The highest BCUT2D eigenvalue weighted by molar-refractivity contribution is 5.92. The first-order valence-corrected chi connectivity index (χ1v) is 7.97. The first-order chi connectivity index (χ1) is 12.1. The van der Waals surface area contributed by atoms with Crippen molar-refractivity contribution in [1.29, 1.82) is 0 Å². The molecule has 0 saturated carbocycles. The second kappa shape index (κ2) is 9.32. The largest absolute Gasteiger partial charge is 0.497 e. The van der Waals surface area contributed by atoms with E-state index >= 15 is 0 Å². The molecule has 2 N–H and O–H groups in total. The molecule has 2 aromatic rings. The van der Waals surface area contributed by atoms with Crippen LogP contribution in [0.3, 0.4) is 0 Å². The van der Waals surface area contributed by atoms with Crippen LogP contribution in [0, 0.1) is 0 Å². The van der Waals surface area contributed by atoms with Crippen LogP contribution in [0.1, 0.15) is 12.0 Å². The number of benzene rings is 2. The lowest BCUT2D eigenvalue weighted by atomic mass is 10.1. The molecular weight excluding hydrogens is 320 g/mol. The molecule has 0 bridgehead atoms. The van der Waals surface area contributed by atoms with Gasteiger partial charge in [0.2, 0.25) is 5.91 Å². The Morgan fingerprint density at radius 3 is 2.52 bits per heavy atom. The summed E-state index contributed by atoms with van der Waals surface area (Å²) in [7, 11) is 3.17. The number of rotatable bonds is 8. The third-order valence-corrected chi connectivity index (χ3v) is 3.60. The molecule has 132 valence electrons. The Hall–Kier alpha value is -3.02. The normalized spacial score (nSPS) is 10.0. The van der Waals surface area contributed by atoms with E-state index in [2.05, 4.69) is 10.6 Å². The summed E-state index contributed by atoms with van der Waals surface area (Å²) in [4.78, 5) is 23.5. The molecule has 2 amide bonds. The molecule has 0 radical (unpaired) electrons. The van der Waals surface area contributed by atoms with E-state index in [0.29, 0.717) is 30.0 Å². The van der Waals surface area contributed by atoms with E-state index in [9.17, 15) is 9.59 Å². The van der Waals surface area contributed by atoms with Crippen LogP contribution in [0.4, 0.5) is 5.69 Å². The minimum atomic E-state index is -0.268. The smallest absolute Gasteiger partial charge is 0.262 e. The molecule has 25 heavy (non-hydrogen) atoms. The van der Waals surface area contributed by atoms with Crippen molar-refractivity contribution in [3.8, 4) is 11.5 Å². The first-order valence-electron chi connectivity index (χ1n) is 7.97. The lowest BCUT2D eigenvalue weighted by Crippen LogP contribution is -2.21. The molecule has 0 aliphatic carbocycles. The SMILES string of the molecule is CNC(=O)CCc1ccccc1NC(=O)COc1cccc(OC)c1. The van der Waals surface area contributed by atoms with Gasteiger partial charge in [0, 0.05) is 25.2 Å². The summed E-state index contributed by atoms with van der Waals surface area (Å²) < 4.78 is 10.6. The van der Waals surface area contributed by atoms with Gasteiger partial charge < -0.3 is 20.1 Å². The van der Waals surface area contributed by atoms with Crippen LogP contribution >= 0.6 is 0 Å². The van der Waals surface area contributed by atoms with E-state index in [-0.39, 0.29) is 18.4 Å². The molecule has 0 fully saturated rings. The first kappa shape index (κ1) is 18.3. The third kappa shape index (κ3) is 5.84. The molecule has 2 rings (SSSR count). The molecule has 2 aromatic carbocycles. The van der Waals surface area contributed by atoms with Gasteiger partial charge in [0.15, 0.2) is 6.61 Å². The van der Waals surface area contributed by atoms with Gasteiger partial charge in [-0.05, 0) is 30.2 Å². The topological polar surface area (TPSA) is 76.7 Å². The quantitative estimate of drug-likeness (QED) is 0.772. The standard InChI is InChI=1S/C19H22N2O4/c1-20-18(22)11-10-14-6-3-4-9-17(14)21-19(23)13-25-16-8-5-7-15(12-16)24-2/h3-9,12H,10-11,13H2,1-2H3,(H,20,22)(H,21,23). The lowest BCUT2D eigenvalue weighted by molar-refractivity contribution is -0.120. The van der Waals surface area contributed by atoms with Crippen LogP contribution in [0.15, 0.2) is 48.5 Å². The molecular formula is C19H22N2O4. The van der Waals surface area contributed by atoms with Crippen molar-refractivity contribution < 1.29 is 19.1 Å². The number of carbonyl (C=O) groups excluding carboxylic acids is 2. The molecule has 0 unspecified atom stereocenters. The molecule has 0 heterocycles. The van der Waals surface area contributed by atoms with Crippen LogP contribution < -0.4 is 20.1 Å². The van der Waals surface area contributed by atoms with Crippen LogP contribution in [-0.4, -0.2) is 32.6 Å². The average Bonchev–Trinajstić information content (AvgIpc) is 2.65. The molecule has 0 aliphatic heterocycles. The van der Waals surface area contributed by atoms with Gasteiger partial charge in [-0.3, -0.25) is 9.59 Å². The predicted octanol–water partition coefficient (Wildman–Crippen LogP) is 2.39. The minimum Gasteiger partial charge on any atom is -0.497 e. The van der Waals surface area contributed by atoms with Gasteiger partial charge in [0.1, 0.15) is 11.5 Å². The maximum Gasteiger partial charge on any atom is 0.262 e. The number of nitrogens with one attached hydrogen (secondary N) is 2. The van der Waals surface area contributed by atoms with E-state index in [4.69, 9.17) is 9.47 Å². The monoisotopic (exact) mass is 342 g/mol. The fourth-order valence-electron chi connectivity index (χ4n) is 2.26. The van der Waals surface area contributed by atoms with Crippen LogP contribution in [0.25, 0.3) is 0 Å². The summed E-state index contributed by atoms with van der Waals surface area (Å²) >= 11 is 0. The maximum atomic E-state index is 12.1. The Morgan fingerprint density at radius 1 is 1.00 bits per heavy atom. The number of hydrogen-bond donors (Lipinski definition) is 2. The highest BCUT2D eigenvalue weighted by Crippen LogP contribution is 2.19. The van der Waals surface area contributed by atoms with Gasteiger partial charge in [-0.1, -0.05) is 24.3 Å². The fourth-order valence-corrected chi connectivity index (χ4v) is 2.26. The van der Waals surface area contributed by atoms with E-state index < -0.39 is 0 Å². The molecule has 6 heteroatoms. The van der Waals surface area contributed by atoms with Crippen molar-refractivity contribution in [3.63, 3.8) is 0 Å². The summed E-state index contributed by atoms with van der Waals surface area (Å²) in [5.74, 6) is 0.914. The van der Waals surface area contributed by atoms with Gasteiger partial charge in [0.05, 0.1) is 7.11 Å². The van der Waals surface area contributed by atoms with Gasteiger partial charge in [0.25, 0.3) is 5.91 Å². The number of aryl methyl sites for hydroxylation is 1. The van der Waals surface area contributed by atoms with E-state index in [1.54, 1.807) is 38.4 Å². The number of amides is 2. The lowest BCUT2D eigenvalue weighted by Gasteiger charge is -2.12. The van der Waals surface area contributed by atoms with Crippen molar-refractivity contribution in [2.24, 2.45) is 0 Å². The van der Waals surface area contributed by atoms with Crippen molar-refractivity contribution in [1.82, 2.24) is 5.32 Å². The second-order valence-electron chi connectivity index (χ2n) is 5.35. The predicted molar refractivity (Wildman–Crippen MR) is 95.9 cm³/mol.